The maximum atomic E-state index is 13.0. The number of Topliss-reactive ketones (excluding diaryl/α,β-unsaturated/α-hetero) is 1. The molecule has 1 fully saturated rings. The first-order valence-electron chi connectivity index (χ1n) is 6.71. The van der Waals surface area contributed by atoms with Gasteiger partial charge in [-0.25, -0.2) is 4.39 Å². The number of halogens is 2. The van der Waals surface area contributed by atoms with Crippen LogP contribution >= 0.6 is 15.9 Å². The van der Waals surface area contributed by atoms with Crippen LogP contribution in [0.15, 0.2) is 22.7 Å². The van der Waals surface area contributed by atoms with Gasteiger partial charge in [0.05, 0.1) is 0 Å². The Morgan fingerprint density at radius 1 is 1.26 bits per heavy atom. The Kier molecular flexibility index (Phi) is 4.74. The standard InChI is InChI=1S/C15H18BrFO2/c16-13-10-12(17)6-5-11(13)9-14(18)15(19)7-3-1-2-4-8-15/h5-6,10,19H,1-4,7-9H2. The van der Waals surface area contributed by atoms with Gasteiger partial charge in [-0.3, -0.25) is 4.79 Å². The molecule has 1 aliphatic carbocycles. The van der Waals surface area contributed by atoms with Gasteiger partial charge in [0.15, 0.2) is 5.78 Å². The van der Waals surface area contributed by atoms with Crippen molar-refractivity contribution in [2.24, 2.45) is 0 Å². The molecule has 0 aliphatic heterocycles. The fourth-order valence-corrected chi connectivity index (χ4v) is 3.09. The normalized spacial score (nSPS) is 18.9. The second kappa shape index (κ2) is 6.14. The average Bonchev–Trinajstić information content (AvgIpc) is 2.58. The van der Waals surface area contributed by atoms with E-state index in [4.69, 9.17) is 0 Å². The van der Waals surface area contributed by atoms with E-state index in [0.29, 0.717) is 17.3 Å². The van der Waals surface area contributed by atoms with Crippen molar-refractivity contribution < 1.29 is 14.3 Å². The van der Waals surface area contributed by atoms with Crippen LogP contribution in [0, 0.1) is 5.82 Å². The number of aliphatic hydroxyl groups is 1. The van der Waals surface area contributed by atoms with Crippen LogP contribution < -0.4 is 0 Å². The third kappa shape index (κ3) is 3.63. The SMILES string of the molecule is O=C(Cc1ccc(F)cc1Br)C1(O)CCCCCC1. The average molecular weight is 329 g/mol. The van der Waals surface area contributed by atoms with Gasteiger partial charge in [0.1, 0.15) is 11.4 Å². The van der Waals surface area contributed by atoms with E-state index in [1.54, 1.807) is 6.07 Å². The molecule has 0 amide bonds. The van der Waals surface area contributed by atoms with Crippen LogP contribution in [-0.2, 0) is 11.2 Å². The number of rotatable bonds is 3. The summed E-state index contributed by atoms with van der Waals surface area (Å²) in [5.41, 5.74) is -0.464. The maximum absolute atomic E-state index is 13.0. The summed E-state index contributed by atoms with van der Waals surface area (Å²) in [6, 6.07) is 4.28. The van der Waals surface area contributed by atoms with Crippen molar-refractivity contribution in [3.05, 3.63) is 34.1 Å². The quantitative estimate of drug-likeness (QED) is 0.857. The van der Waals surface area contributed by atoms with E-state index in [0.717, 1.165) is 31.2 Å². The molecular formula is C15H18BrFO2. The second-order valence-corrected chi connectivity index (χ2v) is 6.14. The molecule has 0 radical (unpaired) electrons. The van der Waals surface area contributed by atoms with E-state index < -0.39 is 5.60 Å². The second-order valence-electron chi connectivity index (χ2n) is 5.28. The molecule has 2 rings (SSSR count). The van der Waals surface area contributed by atoms with Crippen molar-refractivity contribution in [3.8, 4) is 0 Å². The monoisotopic (exact) mass is 328 g/mol. The molecule has 0 unspecified atom stereocenters. The van der Waals surface area contributed by atoms with Crippen LogP contribution in [0.3, 0.4) is 0 Å². The van der Waals surface area contributed by atoms with Crippen LogP contribution in [0.25, 0.3) is 0 Å². The van der Waals surface area contributed by atoms with Gasteiger partial charge in [-0.05, 0) is 30.5 Å². The summed E-state index contributed by atoms with van der Waals surface area (Å²) < 4.78 is 13.6. The van der Waals surface area contributed by atoms with Crippen LogP contribution in [0.1, 0.15) is 44.1 Å². The zero-order valence-electron chi connectivity index (χ0n) is 10.8. The number of carbonyl (C=O) groups is 1. The summed E-state index contributed by atoms with van der Waals surface area (Å²) in [6.07, 6.45) is 5.19. The summed E-state index contributed by atoms with van der Waals surface area (Å²) in [6.45, 7) is 0. The lowest BCUT2D eigenvalue weighted by atomic mass is 9.86. The highest BCUT2D eigenvalue weighted by molar-refractivity contribution is 9.10. The molecule has 19 heavy (non-hydrogen) atoms. The fraction of sp³-hybridized carbons (Fsp3) is 0.533. The number of hydrogen-bond donors (Lipinski definition) is 1. The number of ketones is 1. The molecule has 0 bridgehead atoms. The van der Waals surface area contributed by atoms with E-state index in [9.17, 15) is 14.3 Å². The predicted molar refractivity (Wildman–Crippen MR) is 75.5 cm³/mol. The minimum absolute atomic E-state index is 0.150. The Bertz CT molecular complexity index is 465. The lowest BCUT2D eigenvalue weighted by Crippen LogP contribution is -2.39. The first kappa shape index (κ1) is 14.7. The fourth-order valence-electron chi connectivity index (χ4n) is 2.59. The van der Waals surface area contributed by atoms with Crippen LogP contribution in [0.5, 0.6) is 0 Å². The van der Waals surface area contributed by atoms with Gasteiger partial charge in [0.2, 0.25) is 0 Å². The topological polar surface area (TPSA) is 37.3 Å². The maximum Gasteiger partial charge on any atom is 0.168 e. The van der Waals surface area contributed by atoms with Gasteiger partial charge in [-0.1, -0.05) is 47.7 Å². The highest BCUT2D eigenvalue weighted by atomic mass is 79.9. The molecule has 1 N–H and O–H groups in total. The minimum atomic E-state index is -1.19. The molecular weight excluding hydrogens is 311 g/mol. The summed E-state index contributed by atoms with van der Waals surface area (Å²) in [5.74, 6) is -0.488. The molecule has 0 heterocycles. The van der Waals surface area contributed by atoms with Crippen molar-refractivity contribution in [2.45, 2.75) is 50.5 Å². The largest absolute Gasteiger partial charge is 0.382 e. The van der Waals surface area contributed by atoms with Gasteiger partial charge in [0, 0.05) is 10.9 Å². The summed E-state index contributed by atoms with van der Waals surface area (Å²) in [5, 5.41) is 10.5. The highest BCUT2D eigenvalue weighted by Crippen LogP contribution is 2.30. The first-order valence-corrected chi connectivity index (χ1v) is 7.50. The smallest absolute Gasteiger partial charge is 0.168 e. The lowest BCUT2D eigenvalue weighted by molar-refractivity contribution is -0.138. The molecule has 104 valence electrons. The first-order chi connectivity index (χ1) is 9.01. The third-order valence-electron chi connectivity index (χ3n) is 3.82. The molecule has 1 saturated carbocycles. The lowest BCUT2D eigenvalue weighted by Gasteiger charge is -2.25. The molecule has 2 nitrogen and oxygen atoms in total. The molecule has 1 aromatic rings. The molecule has 4 heteroatoms. The van der Waals surface area contributed by atoms with Crippen LogP contribution in [-0.4, -0.2) is 16.5 Å². The van der Waals surface area contributed by atoms with E-state index in [2.05, 4.69) is 15.9 Å². The van der Waals surface area contributed by atoms with Crippen LogP contribution in [0.2, 0.25) is 0 Å². The Hall–Kier alpha value is -0.740. The van der Waals surface area contributed by atoms with E-state index >= 15 is 0 Å². The Morgan fingerprint density at radius 3 is 2.47 bits per heavy atom. The molecule has 0 saturated heterocycles. The Morgan fingerprint density at radius 2 is 1.89 bits per heavy atom. The zero-order valence-corrected chi connectivity index (χ0v) is 12.4. The summed E-state index contributed by atoms with van der Waals surface area (Å²) >= 11 is 3.26. The van der Waals surface area contributed by atoms with Crippen molar-refractivity contribution in [1.29, 1.82) is 0 Å². The van der Waals surface area contributed by atoms with Crippen molar-refractivity contribution in [1.82, 2.24) is 0 Å². The highest BCUT2D eigenvalue weighted by Gasteiger charge is 2.35. The number of hydrogen-bond acceptors (Lipinski definition) is 2. The molecule has 0 aromatic heterocycles. The molecule has 0 atom stereocenters. The Labute approximate surface area is 121 Å². The van der Waals surface area contributed by atoms with Crippen molar-refractivity contribution >= 4 is 21.7 Å². The minimum Gasteiger partial charge on any atom is -0.382 e. The van der Waals surface area contributed by atoms with Gasteiger partial charge < -0.3 is 5.11 Å². The Balaban J connectivity index is 2.11. The number of carbonyl (C=O) groups excluding carboxylic acids is 1. The predicted octanol–water partition coefficient (Wildman–Crippen LogP) is 3.79. The molecule has 1 aromatic carbocycles. The third-order valence-corrected chi connectivity index (χ3v) is 4.55. The van der Waals surface area contributed by atoms with Gasteiger partial charge in [-0.2, -0.15) is 0 Å². The van der Waals surface area contributed by atoms with Gasteiger partial charge >= 0.3 is 0 Å². The summed E-state index contributed by atoms with van der Waals surface area (Å²) in [7, 11) is 0. The van der Waals surface area contributed by atoms with Crippen LogP contribution in [0.4, 0.5) is 4.39 Å². The molecule has 1 aliphatic rings. The van der Waals surface area contributed by atoms with Gasteiger partial charge in [-0.15, -0.1) is 0 Å². The summed E-state index contributed by atoms with van der Waals surface area (Å²) in [4.78, 5) is 12.3. The van der Waals surface area contributed by atoms with Crippen molar-refractivity contribution in [2.75, 3.05) is 0 Å². The van der Waals surface area contributed by atoms with E-state index in [1.165, 1.54) is 12.1 Å². The van der Waals surface area contributed by atoms with E-state index in [-0.39, 0.29) is 18.0 Å². The van der Waals surface area contributed by atoms with E-state index in [1.807, 2.05) is 0 Å². The zero-order chi connectivity index (χ0) is 13.9. The molecule has 0 spiro atoms. The number of benzene rings is 1. The van der Waals surface area contributed by atoms with Crippen molar-refractivity contribution in [3.63, 3.8) is 0 Å². The van der Waals surface area contributed by atoms with Gasteiger partial charge in [0.25, 0.3) is 0 Å².